The molecule has 30 heteroatoms. The molecule has 5 fully saturated rings. The van der Waals surface area contributed by atoms with Gasteiger partial charge in [-0.3, -0.25) is 19.2 Å². The van der Waals surface area contributed by atoms with Gasteiger partial charge in [-0.2, -0.15) is 0 Å². The van der Waals surface area contributed by atoms with Gasteiger partial charge in [0.05, 0.1) is 93.5 Å². The van der Waals surface area contributed by atoms with Gasteiger partial charge in [0.2, 0.25) is 0 Å². The van der Waals surface area contributed by atoms with E-state index in [9.17, 15) is 19.7 Å². The van der Waals surface area contributed by atoms with Gasteiger partial charge in [-0.15, -0.1) is 23.2 Å². The molecule has 0 bridgehead atoms. The number of ether oxygens (including phenoxy) is 10. The first-order valence-electron chi connectivity index (χ1n) is 46.8. The maximum absolute atomic E-state index is 11.4. The number of phenolic OH excluding ortho intramolecular Hbond substituents is 2. The summed E-state index contributed by atoms with van der Waals surface area (Å²) < 4.78 is 74.9. The van der Waals surface area contributed by atoms with Gasteiger partial charge in [0.15, 0.2) is 0 Å². The number of aliphatic hydroxyl groups is 3. The molecule has 20 nitrogen and oxygen atoms in total. The molecular weight excluding hydrogens is 2200 g/mol. The van der Waals surface area contributed by atoms with Gasteiger partial charge < -0.3 is 84.5 Å². The zero-order chi connectivity index (χ0) is 103. The molecule has 6 aromatic carbocycles. The molecular formula is C106H158Br4Cl2FIK2N2O18. The van der Waals surface area contributed by atoms with Gasteiger partial charge in [0.1, 0.15) is 63.2 Å². The number of aromatic hydroxyl groups is 2. The molecule has 13 rings (SSSR count). The molecule has 8 atom stereocenters. The Hall–Kier alpha value is -2.36. The fourth-order valence-corrected chi connectivity index (χ4v) is 20.2. The molecule has 3 heterocycles. The van der Waals surface area contributed by atoms with Crippen LogP contribution in [0.5, 0.6) is 63.2 Å². The second kappa shape index (κ2) is 66.7. The molecule has 4 aliphatic carbocycles. The van der Waals surface area contributed by atoms with Crippen LogP contribution in [0, 0.1) is 76.6 Å². The topological polar surface area (TPSA) is 269 Å². The number of nitrogens with zero attached hydrogens (tertiary/aromatic N) is 2. The Labute approximate surface area is 959 Å². The Morgan fingerprint density at radius 1 is 0.515 bits per heavy atom. The molecule has 0 radical (unpaired) electrons. The zero-order valence-corrected chi connectivity index (χ0v) is 103. The van der Waals surface area contributed by atoms with Gasteiger partial charge in [0.25, 0.3) is 6.47 Å². The van der Waals surface area contributed by atoms with Crippen LogP contribution in [0.15, 0.2) is 129 Å². The maximum atomic E-state index is 11.4. The van der Waals surface area contributed by atoms with Crippen molar-refractivity contribution in [2.24, 2.45) is 45.3 Å². The summed E-state index contributed by atoms with van der Waals surface area (Å²) in [5.41, 5.74) is 6.51. The molecule has 1 aliphatic heterocycles. The number of pyridine rings is 2. The summed E-state index contributed by atoms with van der Waals surface area (Å²) in [6.07, 6.45) is 18.5. The van der Waals surface area contributed by atoms with Gasteiger partial charge >= 0.3 is 103 Å². The molecule has 1 saturated heterocycles. The Morgan fingerprint density at radius 2 is 0.801 bits per heavy atom. The van der Waals surface area contributed by atoms with E-state index in [0.717, 1.165) is 127 Å². The number of fused-ring (bicyclic) bond motifs is 5. The molecule has 0 amide bonds. The number of methoxy groups -OCH3 is 2. The minimum Gasteiger partial charge on any atom is -1.00 e. The molecule has 5 aliphatic rings. The quantitative estimate of drug-likeness (QED) is 0.00957. The number of aryl methyl sites for hydroxylation is 4. The molecule has 5 N–H and O–H groups in total. The zero-order valence-electron chi connectivity index (χ0n) is 88.6. The molecule has 8 aromatic rings. The first kappa shape index (κ1) is 132. The summed E-state index contributed by atoms with van der Waals surface area (Å²) >= 11 is 24.9. The van der Waals surface area contributed by atoms with Crippen LogP contribution < -0.4 is 151 Å². The van der Waals surface area contributed by atoms with E-state index < -0.39 is 18.4 Å². The number of aliphatic hydroxyl groups excluding tert-OH is 1. The number of rotatable bonds is 19. The standard InChI is InChI=1S/C27H44O4.C16H16N2.C15H28O2.C12H17BrO2.C12H17IO2.C8H9BrO2.C6H5BrO2.C4H8O.C3H7Br.CH2Cl2.CH3F.CH2O3.2K.H/c1-18(2)30-21-14-20(15-22(16-21)31-19(3)4)29-17-24-26(7)12-9-11-25(5,6)23(26)10-13-27(24,8)28;1-9-7-17-15-13(11(9)3)5-6-14-12(4)10(2)8-18-16(14)15;1-13(2)7-5-8-14(3)11(13)6-9-15(4,17)12(14)10-16;2*1-8(2)14-11-5-10(13)6-12(7-11)15-9(3)4;1-10-7-3-6(9)4-8(5-7)11-2;7-4-1-5(8)3-6(9)2-4;1-2-4-5-3-1;1-3(2)4;2-1-3;1-2;2-1-4-3;;;/h14-16,18-19,23-24,28H,9-13,17H2,1-8H3;5-8H,1-4H3;11-12,16-17H,5-10H2,1-4H3;2*5-9H,1-4H3;3-5H,1-2H3;1-3,8-9H;1-4H2;3H,1-2H3;1H2;1H3;1,3H;;;/q;;;;;;;;;;;;2*+1;-1/p-1/t23?,24-,26+,27-;;11?,12-,14+,15-;;;;;;;;;;;;/m1.1............/s1/i;;;;;;;;;;1D;;;;. The average molecular weight is 2360 g/mol. The molecule has 2 aromatic heterocycles. The minimum absolute atomic E-state index is 0. The van der Waals surface area contributed by atoms with Crippen LogP contribution in [0.25, 0.3) is 21.8 Å². The van der Waals surface area contributed by atoms with Crippen molar-refractivity contribution in [1.82, 2.24) is 9.97 Å². The largest absolute Gasteiger partial charge is 1.00 e. The van der Waals surface area contributed by atoms with Crippen LogP contribution in [-0.4, -0.2) is 148 Å². The third-order valence-electron chi connectivity index (χ3n) is 23.9. The summed E-state index contributed by atoms with van der Waals surface area (Å²) in [6, 6.07) is 31.7. The van der Waals surface area contributed by atoms with E-state index >= 15 is 0 Å². The van der Waals surface area contributed by atoms with Crippen LogP contribution in [-0.2, 0) is 14.4 Å². The normalized spacial score (nSPS) is 20.5. The van der Waals surface area contributed by atoms with Gasteiger partial charge in [-0.1, -0.05) is 144 Å². The van der Waals surface area contributed by atoms with E-state index in [0.29, 0.717) is 38.6 Å². The van der Waals surface area contributed by atoms with E-state index in [1.807, 2.05) is 182 Å². The van der Waals surface area contributed by atoms with Crippen molar-refractivity contribution < 1.29 is 198 Å². The van der Waals surface area contributed by atoms with E-state index in [1.165, 1.54) is 89.8 Å². The fraction of sp³-hybridized carbons (Fsp3) is 0.594. The monoisotopic (exact) mass is 2360 g/mol. The van der Waals surface area contributed by atoms with Crippen molar-refractivity contribution in [2.75, 3.05) is 53.1 Å². The number of phenols is 2. The number of carbonyl (C=O) groups is 1. The number of carbonyl (C=O) groups excluding carboxylic acids is 1. The Morgan fingerprint density at radius 3 is 1.10 bits per heavy atom. The van der Waals surface area contributed by atoms with Crippen molar-refractivity contribution in [3.8, 4) is 63.2 Å². The van der Waals surface area contributed by atoms with Crippen LogP contribution in [0.3, 0.4) is 0 Å². The Kier molecular flexibility index (Phi) is 64.6. The number of halogens is 8. The van der Waals surface area contributed by atoms with Gasteiger partial charge in [-0.05, 0) is 316 Å². The average Bonchev–Trinajstić information content (AvgIpc) is 0.754. The predicted molar refractivity (Wildman–Crippen MR) is 569 cm³/mol. The number of hydrogen-bond donors (Lipinski definition) is 5. The van der Waals surface area contributed by atoms with Crippen LogP contribution in [0.4, 0.5) is 4.39 Å². The first-order valence-corrected chi connectivity index (χ1v) is 51.5. The molecule has 2 unspecified atom stereocenters. The van der Waals surface area contributed by atoms with Gasteiger partial charge in [-0.25, -0.2) is 0 Å². The SMILES string of the molecule is C1CCOC1.CC(C)Br.CC(C)Oc1cc(Br)cc(OC(C)C)c1.CC(C)Oc1cc(I)cc(OC(C)C)c1.CC(C)Oc1cc(OC[C@@H]2[C@@]3(C)CCCC(C)(C)C3CC[C@@]2(C)O)cc(OC(C)C)c1.CC1(C)CCC[C@@]2(C)C1CC[C@@](C)(O)[C@@H]2CO.COc1cc(Br)cc(OC)c1.Cc1cnc2c(ccc3c(C)c(C)cnc32)c1C.ClCCl.O=CO[O-].Oc1cc(O)cc(Br)c1.[2H]CF.[H-].[K+].[K+]. The summed E-state index contributed by atoms with van der Waals surface area (Å²) in [5.74, 6) is 8.70. The summed E-state index contributed by atoms with van der Waals surface area (Å²) in [6.45, 7) is 57.4. The molecule has 4 saturated carbocycles. The number of hydrogen-bond acceptors (Lipinski definition) is 20. The fourth-order valence-electron chi connectivity index (χ4n) is 18.2. The summed E-state index contributed by atoms with van der Waals surface area (Å²) in [4.78, 5) is 21.1. The van der Waals surface area contributed by atoms with E-state index in [2.05, 4.69) is 196 Å². The van der Waals surface area contributed by atoms with Crippen molar-refractivity contribution in [3.05, 3.63) is 155 Å². The molecule has 136 heavy (non-hydrogen) atoms. The van der Waals surface area contributed by atoms with Crippen molar-refractivity contribution >= 4 is 138 Å². The second-order valence-corrected chi connectivity index (χ2v) is 45.0. The van der Waals surface area contributed by atoms with E-state index in [-0.39, 0.29) is 193 Å². The van der Waals surface area contributed by atoms with Crippen molar-refractivity contribution in [3.63, 3.8) is 0 Å². The van der Waals surface area contributed by atoms with Crippen LogP contribution in [0.2, 0.25) is 0 Å². The van der Waals surface area contributed by atoms with E-state index in [4.69, 9.17) is 92.2 Å². The second-order valence-electron chi connectivity index (χ2n) is 38.4. The Bertz CT molecular complexity index is 4470. The smallest absolute Gasteiger partial charge is 1.00 e. The summed E-state index contributed by atoms with van der Waals surface area (Å²) in [5, 5.41) is 60.3. The van der Waals surface area contributed by atoms with Gasteiger partial charge in [0, 0.05) is 119 Å². The summed E-state index contributed by atoms with van der Waals surface area (Å²) in [7, 11) is 2.25. The minimum atomic E-state index is -1.00. The van der Waals surface area contributed by atoms with Crippen LogP contribution >= 0.6 is 110 Å². The maximum Gasteiger partial charge on any atom is 1.00 e. The number of aromatic nitrogens is 2. The van der Waals surface area contributed by atoms with Crippen LogP contribution in [0.1, 0.15) is 254 Å². The van der Waals surface area contributed by atoms with Crippen molar-refractivity contribution in [2.45, 2.75) is 310 Å². The molecule has 0 spiro atoms. The van der Waals surface area contributed by atoms with Crippen molar-refractivity contribution in [1.29, 1.82) is 0 Å². The number of alkyl halides is 4. The Balaban J connectivity index is 0. The predicted octanol–water partition coefficient (Wildman–Crippen LogP) is 23.0. The third kappa shape index (κ3) is 47.4. The molecule has 758 valence electrons. The van der Waals surface area contributed by atoms with E-state index in [1.54, 1.807) is 14.2 Å². The number of benzene rings is 6. The third-order valence-corrected chi connectivity index (χ3v) is 25.9. The first-order chi connectivity index (χ1) is 63.0.